The molecule has 0 aliphatic rings. The number of carboxylic acids is 1. The van der Waals surface area contributed by atoms with Crippen LogP contribution >= 0.6 is 27.5 Å². The Morgan fingerprint density at radius 2 is 1.75 bits per heavy atom. The molecule has 1 N–H and O–H groups in total. The number of halogens is 2. The smallest absolute Gasteiger partial charge is 0.335 e. The van der Waals surface area contributed by atoms with Gasteiger partial charge in [-0.05, 0) is 66.1 Å². The Balaban J connectivity index is 1.87. The maximum absolute atomic E-state index is 11.0. The summed E-state index contributed by atoms with van der Waals surface area (Å²) in [6.45, 7) is 2.45. The number of aromatic carboxylic acids is 1. The van der Waals surface area contributed by atoms with Crippen LogP contribution in [0.1, 0.15) is 34.0 Å². The third kappa shape index (κ3) is 5.91. The van der Waals surface area contributed by atoms with Crippen LogP contribution in [-0.4, -0.2) is 17.7 Å². The van der Waals surface area contributed by atoms with E-state index in [1.807, 2.05) is 31.2 Å². The maximum Gasteiger partial charge on any atom is 0.335 e. The minimum Gasteiger partial charge on any atom is -0.490 e. The van der Waals surface area contributed by atoms with Crippen LogP contribution in [-0.2, 0) is 6.61 Å². The average molecular weight is 513 g/mol. The van der Waals surface area contributed by atoms with E-state index in [-0.39, 0.29) is 12.2 Å². The lowest BCUT2D eigenvalue weighted by Crippen LogP contribution is -2.02. The molecule has 0 bridgehead atoms. The van der Waals surface area contributed by atoms with Crippen LogP contribution in [0.25, 0.3) is 11.6 Å². The zero-order valence-corrected chi connectivity index (χ0v) is 19.5. The molecule has 7 heteroatoms. The van der Waals surface area contributed by atoms with E-state index in [0.29, 0.717) is 34.3 Å². The number of allylic oxidation sites excluding steroid dienone is 1. The molecule has 0 unspecified atom stereocenters. The second-order valence-electron chi connectivity index (χ2n) is 6.73. The van der Waals surface area contributed by atoms with Crippen molar-refractivity contribution < 1.29 is 19.4 Å². The largest absolute Gasteiger partial charge is 0.490 e. The van der Waals surface area contributed by atoms with Crippen molar-refractivity contribution in [2.45, 2.75) is 13.5 Å². The zero-order chi connectivity index (χ0) is 23.1. The predicted octanol–water partition coefficient (Wildman–Crippen LogP) is 6.84. The Morgan fingerprint density at radius 3 is 2.34 bits per heavy atom. The lowest BCUT2D eigenvalue weighted by Gasteiger charge is -2.15. The van der Waals surface area contributed by atoms with E-state index in [0.717, 1.165) is 15.6 Å². The molecule has 0 fully saturated rings. The summed E-state index contributed by atoms with van der Waals surface area (Å²) in [7, 11) is 0. The number of hydrogen-bond donors (Lipinski definition) is 1. The van der Waals surface area contributed by atoms with Gasteiger partial charge in [-0.25, -0.2) is 4.79 Å². The lowest BCUT2D eigenvalue weighted by molar-refractivity contribution is 0.0697. The van der Waals surface area contributed by atoms with Crippen LogP contribution in [0.2, 0.25) is 5.02 Å². The number of nitrogens with zero attached hydrogens (tertiary/aromatic N) is 1. The Kier molecular flexibility index (Phi) is 7.93. The third-order valence-corrected chi connectivity index (χ3v) is 5.31. The number of nitriles is 1. The van der Waals surface area contributed by atoms with Crippen molar-refractivity contribution in [3.05, 3.63) is 92.4 Å². The molecule has 3 aromatic carbocycles. The van der Waals surface area contributed by atoms with Gasteiger partial charge in [0.25, 0.3) is 0 Å². The number of hydrogen-bond acceptors (Lipinski definition) is 4. The van der Waals surface area contributed by atoms with Crippen molar-refractivity contribution >= 4 is 45.1 Å². The topological polar surface area (TPSA) is 79.5 Å². The Hall–Kier alpha value is -3.27. The molecule has 32 heavy (non-hydrogen) atoms. The SMILES string of the molecule is CCOc1cc(/C=C(\C#N)c2ccc(Br)cc2)cc(Cl)c1OCc1ccc(C(=O)O)cc1. The van der Waals surface area contributed by atoms with Crippen LogP contribution in [0.15, 0.2) is 65.1 Å². The lowest BCUT2D eigenvalue weighted by atomic mass is 10.0. The highest BCUT2D eigenvalue weighted by atomic mass is 79.9. The standard InChI is InChI=1S/C25H19BrClNO4/c1-2-31-23-13-17(11-20(14-28)18-7-9-21(26)10-8-18)12-22(27)24(23)32-15-16-3-5-19(6-4-16)25(29)30/h3-13H,2,15H2,1H3,(H,29,30)/b20-11+. The number of benzene rings is 3. The summed E-state index contributed by atoms with van der Waals surface area (Å²) in [6, 6.07) is 19.6. The minimum atomic E-state index is -0.984. The summed E-state index contributed by atoms with van der Waals surface area (Å²) in [5.74, 6) is -0.140. The molecule has 0 amide bonds. The summed E-state index contributed by atoms with van der Waals surface area (Å²) in [5.41, 5.74) is 2.98. The Labute approximate surface area is 199 Å². The summed E-state index contributed by atoms with van der Waals surface area (Å²) >= 11 is 9.89. The van der Waals surface area contributed by atoms with Crippen LogP contribution < -0.4 is 9.47 Å². The Morgan fingerprint density at radius 1 is 1.09 bits per heavy atom. The van der Waals surface area contributed by atoms with E-state index < -0.39 is 5.97 Å². The summed E-state index contributed by atoms with van der Waals surface area (Å²) in [5, 5.41) is 19.0. The molecule has 3 rings (SSSR count). The first kappa shape index (κ1) is 23.4. The van der Waals surface area contributed by atoms with Crippen molar-refractivity contribution in [2.75, 3.05) is 6.61 Å². The molecule has 0 saturated heterocycles. The Bertz CT molecular complexity index is 1180. The van der Waals surface area contributed by atoms with Gasteiger partial charge >= 0.3 is 5.97 Å². The third-order valence-electron chi connectivity index (χ3n) is 4.50. The first-order valence-corrected chi connectivity index (χ1v) is 10.9. The molecular weight excluding hydrogens is 494 g/mol. The number of carbonyl (C=O) groups is 1. The number of ether oxygens (including phenoxy) is 2. The van der Waals surface area contributed by atoms with E-state index in [4.69, 9.17) is 26.2 Å². The fourth-order valence-corrected chi connectivity index (χ4v) is 3.49. The second-order valence-corrected chi connectivity index (χ2v) is 8.05. The molecule has 162 valence electrons. The van der Waals surface area contributed by atoms with Gasteiger partial charge in [0, 0.05) is 4.47 Å². The number of rotatable bonds is 8. The van der Waals surface area contributed by atoms with Crippen molar-refractivity contribution in [2.24, 2.45) is 0 Å². The first-order valence-electron chi connectivity index (χ1n) is 9.70. The highest BCUT2D eigenvalue weighted by Crippen LogP contribution is 2.38. The van der Waals surface area contributed by atoms with Crippen molar-refractivity contribution in [1.82, 2.24) is 0 Å². The van der Waals surface area contributed by atoms with Crippen LogP contribution in [0, 0.1) is 11.3 Å². The highest BCUT2D eigenvalue weighted by molar-refractivity contribution is 9.10. The maximum atomic E-state index is 11.0. The molecule has 5 nitrogen and oxygen atoms in total. The molecule has 3 aromatic rings. The quantitative estimate of drug-likeness (QED) is 0.264. The molecule has 0 aliphatic heterocycles. The van der Waals surface area contributed by atoms with Gasteiger partial charge in [0.05, 0.1) is 28.8 Å². The van der Waals surface area contributed by atoms with Crippen LogP contribution in [0.3, 0.4) is 0 Å². The molecule has 0 radical (unpaired) electrons. The molecule has 0 spiro atoms. The molecular formula is C25H19BrClNO4. The van der Waals surface area contributed by atoms with Gasteiger partial charge in [0.2, 0.25) is 0 Å². The summed E-state index contributed by atoms with van der Waals surface area (Å²) in [6.07, 6.45) is 1.74. The van der Waals surface area contributed by atoms with Gasteiger partial charge in [-0.2, -0.15) is 5.26 Å². The van der Waals surface area contributed by atoms with Crippen molar-refractivity contribution in [3.63, 3.8) is 0 Å². The van der Waals surface area contributed by atoms with Gasteiger partial charge in [-0.1, -0.05) is 51.8 Å². The number of carboxylic acid groups (broad SMARTS) is 1. The van der Waals surface area contributed by atoms with E-state index in [9.17, 15) is 10.1 Å². The highest BCUT2D eigenvalue weighted by Gasteiger charge is 2.14. The van der Waals surface area contributed by atoms with Gasteiger partial charge in [0.15, 0.2) is 11.5 Å². The van der Waals surface area contributed by atoms with Gasteiger partial charge in [-0.3, -0.25) is 0 Å². The minimum absolute atomic E-state index is 0.192. The molecule has 0 heterocycles. The van der Waals surface area contributed by atoms with Crippen LogP contribution in [0.4, 0.5) is 0 Å². The molecule has 0 aliphatic carbocycles. The first-order chi connectivity index (χ1) is 15.4. The van der Waals surface area contributed by atoms with Crippen LogP contribution in [0.5, 0.6) is 11.5 Å². The zero-order valence-electron chi connectivity index (χ0n) is 17.1. The van der Waals surface area contributed by atoms with E-state index in [1.54, 1.807) is 30.3 Å². The fraction of sp³-hybridized carbons (Fsp3) is 0.120. The van der Waals surface area contributed by atoms with Crippen molar-refractivity contribution in [3.8, 4) is 17.6 Å². The normalized spacial score (nSPS) is 11.0. The molecule has 0 saturated carbocycles. The summed E-state index contributed by atoms with van der Waals surface area (Å²) < 4.78 is 12.6. The van der Waals surface area contributed by atoms with E-state index in [2.05, 4.69) is 22.0 Å². The average Bonchev–Trinajstić information content (AvgIpc) is 2.78. The molecule has 0 aromatic heterocycles. The van der Waals surface area contributed by atoms with Gasteiger partial charge in [-0.15, -0.1) is 0 Å². The predicted molar refractivity (Wildman–Crippen MR) is 128 cm³/mol. The van der Waals surface area contributed by atoms with Crippen molar-refractivity contribution in [1.29, 1.82) is 5.26 Å². The monoisotopic (exact) mass is 511 g/mol. The summed E-state index contributed by atoms with van der Waals surface area (Å²) in [4.78, 5) is 11.0. The van der Waals surface area contributed by atoms with Gasteiger partial charge in [0.1, 0.15) is 6.61 Å². The fourth-order valence-electron chi connectivity index (χ4n) is 2.95. The van der Waals surface area contributed by atoms with Gasteiger partial charge < -0.3 is 14.6 Å². The van der Waals surface area contributed by atoms with E-state index >= 15 is 0 Å². The van der Waals surface area contributed by atoms with E-state index in [1.165, 1.54) is 12.1 Å². The second kappa shape index (κ2) is 10.9. The molecule has 0 atom stereocenters.